The lowest BCUT2D eigenvalue weighted by molar-refractivity contribution is -0.125. The molecule has 0 aliphatic carbocycles. The van der Waals surface area contributed by atoms with E-state index in [1.54, 1.807) is 0 Å². The molecule has 2 unspecified atom stereocenters. The van der Waals surface area contributed by atoms with E-state index in [-0.39, 0.29) is 12.5 Å². The molecule has 7 nitrogen and oxygen atoms in total. The summed E-state index contributed by atoms with van der Waals surface area (Å²) in [5.41, 5.74) is 7.25. The van der Waals surface area contributed by atoms with Crippen molar-refractivity contribution in [2.45, 2.75) is 37.7 Å². The third-order valence-electron chi connectivity index (χ3n) is 4.99. The summed E-state index contributed by atoms with van der Waals surface area (Å²) >= 11 is 1.85. The van der Waals surface area contributed by atoms with Gasteiger partial charge in [-0.05, 0) is 20.3 Å². The number of thioether (sulfide) groups is 1. The van der Waals surface area contributed by atoms with Crippen molar-refractivity contribution in [3.05, 3.63) is 11.3 Å². The van der Waals surface area contributed by atoms with Gasteiger partial charge in [0.2, 0.25) is 11.9 Å². The van der Waals surface area contributed by atoms with Crippen LogP contribution >= 0.6 is 11.8 Å². The number of hydrogen-bond donors (Lipinski definition) is 3. The average Bonchev–Trinajstić information content (AvgIpc) is 3.19. The van der Waals surface area contributed by atoms with Crippen molar-refractivity contribution in [1.82, 2.24) is 9.97 Å². The van der Waals surface area contributed by atoms with Crippen LogP contribution in [0, 0.1) is 17.3 Å². The molecule has 0 aromatic carbocycles. The van der Waals surface area contributed by atoms with Crippen LogP contribution < -0.4 is 16.0 Å². The SMILES string of the molecule is CC1SCc2c(NCCC#CCO)nc(N3CCC(C)(C(N)=O)C3)nc21. The fraction of sp³-hybridized carbons (Fsp3) is 0.611. The van der Waals surface area contributed by atoms with Gasteiger partial charge >= 0.3 is 0 Å². The highest BCUT2D eigenvalue weighted by atomic mass is 32.2. The normalized spacial score (nSPS) is 24.1. The van der Waals surface area contributed by atoms with E-state index < -0.39 is 5.41 Å². The number of nitrogens with one attached hydrogen (secondary N) is 1. The van der Waals surface area contributed by atoms with Crippen LogP contribution in [0.4, 0.5) is 11.8 Å². The molecule has 2 aliphatic heterocycles. The van der Waals surface area contributed by atoms with E-state index in [0.717, 1.165) is 29.4 Å². The second-order valence-electron chi connectivity index (χ2n) is 6.97. The van der Waals surface area contributed by atoms with Gasteiger partial charge in [0.1, 0.15) is 12.4 Å². The van der Waals surface area contributed by atoms with Crippen molar-refractivity contribution in [3.63, 3.8) is 0 Å². The Hall–Kier alpha value is -1.98. The van der Waals surface area contributed by atoms with E-state index in [2.05, 4.69) is 29.0 Å². The number of rotatable bonds is 5. The number of hydrogen-bond acceptors (Lipinski definition) is 7. The molecule has 2 atom stereocenters. The lowest BCUT2D eigenvalue weighted by Gasteiger charge is -2.22. The smallest absolute Gasteiger partial charge is 0.227 e. The summed E-state index contributed by atoms with van der Waals surface area (Å²) < 4.78 is 0. The molecular formula is C18H25N5O2S. The second-order valence-corrected chi connectivity index (χ2v) is 8.30. The summed E-state index contributed by atoms with van der Waals surface area (Å²) in [6, 6.07) is 0. The Morgan fingerprint density at radius 2 is 2.31 bits per heavy atom. The molecule has 0 saturated carbocycles. The van der Waals surface area contributed by atoms with Crippen LogP contribution in [0.5, 0.6) is 0 Å². The summed E-state index contributed by atoms with van der Waals surface area (Å²) in [7, 11) is 0. The number of amides is 1. The minimum Gasteiger partial charge on any atom is -0.384 e. The third-order valence-corrected chi connectivity index (χ3v) is 6.17. The Kier molecular flexibility index (Phi) is 5.58. The molecule has 1 fully saturated rings. The molecule has 26 heavy (non-hydrogen) atoms. The molecule has 1 aromatic heterocycles. The standard InChI is InChI=1S/C18H25N5O2S/c1-12-14-13(10-26-12)15(20-7-4-3-5-9-24)22-17(21-14)23-8-6-18(2,11-23)16(19)25/h12,24H,4,6-11H2,1-2H3,(H2,19,25)(H,20,21,22). The maximum Gasteiger partial charge on any atom is 0.227 e. The molecule has 1 amide bonds. The molecule has 2 aliphatic rings. The van der Waals surface area contributed by atoms with Crippen LogP contribution in [0.15, 0.2) is 0 Å². The zero-order valence-electron chi connectivity index (χ0n) is 15.2. The number of carbonyl (C=O) groups excluding carboxylic acids is 1. The molecule has 0 bridgehead atoms. The van der Waals surface area contributed by atoms with Crippen molar-refractivity contribution >= 4 is 29.4 Å². The number of primary amides is 1. The number of carbonyl (C=O) groups is 1. The van der Waals surface area contributed by atoms with Crippen molar-refractivity contribution < 1.29 is 9.90 Å². The summed E-state index contributed by atoms with van der Waals surface area (Å²) in [5.74, 6) is 7.67. The highest BCUT2D eigenvalue weighted by molar-refractivity contribution is 7.99. The van der Waals surface area contributed by atoms with Crippen molar-refractivity contribution in [1.29, 1.82) is 0 Å². The van der Waals surface area contributed by atoms with E-state index in [1.807, 2.05) is 18.7 Å². The summed E-state index contributed by atoms with van der Waals surface area (Å²) in [4.78, 5) is 23.3. The number of anilines is 2. The number of fused-ring (bicyclic) bond motifs is 1. The topological polar surface area (TPSA) is 104 Å². The fourth-order valence-corrected chi connectivity index (χ4v) is 4.32. The minimum atomic E-state index is -0.532. The van der Waals surface area contributed by atoms with E-state index in [1.165, 1.54) is 0 Å². The van der Waals surface area contributed by atoms with E-state index in [4.69, 9.17) is 20.8 Å². The lowest BCUT2D eigenvalue weighted by atomic mass is 9.89. The molecule has 8 heteroatoms. The van der Waals surface area contributed by atoms with E-state index in [9.17, 15) is 4.79 Å². The van der Waals surface area contributed by atoms with Crippen LogP contribution in [0.25, 0.3) is 0 Å². The van der Waals surface area contributed by atoms with Crippen LogP contribution in [-0.4, -0.2) is 47.2 Å². The zero-order chi connectivity index (χ0) is 18.7. The Morgan fingerprint density at radius 1 is 1.50 bits per heavy atom. The summed E-state index contributed by atoms with van der Waals surface area (Å²) in [6.45, 7) is 5.87. The average molecular weight is 375 g/mol. The molecule has 1 saturated heterocycles. The first-order valence-electron chi connectivity index (χ1n) is 8.82. The van der Waals surface area contributed by atoms with Crippen molar-refractivity contribution in [2.75, 3.05) is 36.5 Å². The van der Waals surface area contributed by atoms with E-state index >= 15 is 0 Å². The largest absolute Gasteiger partial charge is 0.384 e. The quantitative estimate of drug-likeness (QED) is 0.526. The second kappa shape index (κ2) is 7.72. The lowest BCUT2D eigenvalue weighted by Crippen LogP contribution is -2.37. The predicted octanol–water partition coefficient (Wildman–Crippen LogP) is 1.28. The summed E-state index contributed by atoms with van der Waals surface area (Å²) in [5, 5.41) is 12.4. The van der Waals surface area contributed by atoms with Gasteiger partial charge < -0.3 is 21.1 Å². The van der Waals surface area contributed by atoms with Gasteiger partial charge in [-0.15, -0.1) is 11.8 Å². The van der Waals surface area contributed by atoms with Crippen LogP contribution in [-0.2, 0) is 10.5 Å². The Morgan fingerprint density at radius 3 is 3.00 bits per heavy atom. The molecule has 3 heterocycles. The summed E-state index contributed by atoms with van der Waals surface area (Å²) in [6.07, 6.45) is 1.35. The maximum atomic E-state index is 11.7. The zero-order valence-corrected chi connectivity index (χ0v) is 16.0. The predicted molar refractivity (Wildman–Crippen MR) is 104 cm³/mol. The van der Waals surface area contributed by atoms with Crippen molar-refractivity contribution in [3.8, 4) is 11.8 Å². The molecule has 4 N–H and O–H groups in total. The monoisotopic (exact) mass is 375 g/mol. The Balaban J connectivity index is 1.82. The molecule has 0 radical (unpaired) electrons. The third kappa shape index (κ3) is 3.74. The number of nitrogens with two attached hydrogens (primary N) is 1. The highest BCUT2D eigenvalue weighted by Crippen LogP contribution is 2.44. The van der Waals surface area contributed by atoms with Crippen LogP contribution in [0.1, 0.15) is 43.2 Å². The molecule has 3 rings (SSSR count). The number of aliphatic hydroxyl groups is 1. The first-order valence-corrected chi connectivity index (χ1v) is 9.87. The van der Waals surface area contributed by atoms with Gasteiger partial charge in [0.25, 0.3) is 0 Å². The van der Waals surface area contributed by atoms with Gasteiger partial charge in [0.15, 0.2) is 0 Å². The highest BCUT2D eigenvalue weighted by Gasteiger charge is 2.40. The van der Waals surface area contributed by atoms with Crippen molar-refractivity contribution in [2.24, 2.45) is 11.1 Å². The maximum absolute atomic E-state index is 11.7. The van der Waals surface area contributed by atoms with Gasteiger partial charge in [-0.3, -0.25) is 4.79 Å². The minimum absolute atomic E-state index is 0.116. The van der Waals surface area contributed by atoms with Crippen LogP contribution in [0.2, 0.25) is 0 Å². The van der Waals surface area contributed by atoms with Gasteiger partial charge in [0.05, 0.1) is 11.1 Å². The first kappa shape index (κ1) is 18.8. The van der Waals surface area contributed by atoms with Gasteiger partial charge in [-0.25, -0.2) is 4.98 Å². The van der Waals surface area contributed by atoms with Gasteiger partial charge in [0, 0.05) is 42.6 Å². The van der Waals surface area contributed by atoms with E-state index in [0.29, 0.717) is 37.1 Å². The number of aromatic nitrogens is 2. The first-order chi connectivity index (χ1) is 12.4. The number of aliphatic hydroxyl groups excluding tert-OH is 1. The molecular weight excluding hydrogens is 350 g/mol. The Bertz CT molecular complexity index is 760. The molecule has 0 spiro atoms. The fourth-order valence-electron chi connectivity index (χ4n) is 3.26. The van der Waals surface area contributed by atoms with Gasteiger partial charge in [-0.1, -0.05) is 11.8 Å². The molecule has 140 valence electrons. The Labute approximate surface area is 158 Å². The number of nitrogens with zero attached hydrogens (tertiary/aromatic N) is 3. The molecule has 1 aromatic rings. The van der Waals surface area contributed by atoms with Crippen LogP contribution in [0.3, 0.4) is 0 Å². The van der Waals surface area contributed by atoms with Gasteiger partial charge in [-0.2, -0.15) is 4.98 Å².